The number of hydrogen-bond donors (Lipinski definition) is 1. The van der Waals surface area contributed by atoms with E-state index in [2.05, 4.69) is 11.1 Å². The predicted octanol–water partition coefficient (Wildman–Crippen LogP) is 3.14. The van der Waals surface area contributed by atoms with Crippen molar-refractivity contribution in [2.24, 2.45) is 0 Å². The molecule has 4 rings (SSSR count). The molecule has 7 nitrogen and oxygen atoms in total. The summed E-state index contributed by atoms with van der Waals surface area (Å²) in [5, 5.41) is 2.14. The third kappa shape index (κ3) is 3.82. The number of ether oxygens (including phenoxy) is 1. The fraction of sp³-hybridized carbons (Fsp3) is 0.208. The van der Waals surface area contributed by atoms with Crippen molar-refractivity contribution in [2.45, 2.75) is 20.0 Å². The number of nitrogens with zero attached hydrogens (tertiary/aromatic N) is 2. The molecule has 0 atom stereocenters. The lowest BCUT2D eigenvalue weighted by molar-refractivity contribution is 0.0785. The highest BCUT2D eigenvalue weighted by atomic mass is 16.5. The minimum absolute atomic E-state index is 0.174. The number of H-pyrrole nitrogens is 1. The van der Waals surface area contributed by atoms with Gasteiger partial charge in [-0.3, -0.25) is 14.4 Å². The van der Waals surface area contributed by atoms with Gasteiger partial charge in [-0.05, 0) is 59.7 Å². The normalized spacial score (nSPS) is 11.1. The Bertz CT molecular complexity index is 1420. The molecule has 3 aromatic carbocycles. The first-order valence-corrected chi connectivity index (χ1v) is 10.00. The predicted molar refractivity (Wildman–Crippen MR) is 121 cm³/mol. The first-order chi connectivity index (χ1) is 14.9. The summed E-state index contributed by atoms with van der Waals surface area (Å²) in [4.78, 5) is 41.1. The van der Waals surface area contributed by atoms with Crippen LogP contribution in [0.5, 0.6) is 5.75 Å². The summed E-state index contributed by atoms with van der Waals surface area (Å²) < 4.78 is 6.66. The smallest absolute Gasteiger partial charge is 0.316 e. The summed E-state index contributed by atoms with van der Waals surface area (Å²) in [7, 11) is 3.38. The Hall–Kier alpha value is -3.87. The number of carbonyl (C=O) groups excluding carboxylic acids is 1. The van der Waals surface area contributed by atoms with Crippen LogP contribution in [0.2, 0.25) is 0 Å². The van der Waals surface area contributed by atoms with E-state index in [0.29, 0.717) is 29.7 Å². The topological polar surface area (TPSA) is 84.4 Å². The van der Waals surface area contributed by atoms with Gasteiger partial charge in [-0.25, -0.2) is 0 Å². The molecule has 0 unspecified atom stereocenters. The second-order valence-corrected chi connectivity index (χ2v) is 7.44. The summed E-state index contributed by atoms with van der Waals surface area (Å²) in [5.74, 6) is 0.627. The largest absolute Gasteiger partial charge is 0.497 e. The summed E-state index contributed by atoms with van der Waals surface area (Å²) in [6.07, 6.45) is 0. The number of carbonyl (C=O) groups is 1. The van der Waals surface area contributed by atoms with Gasteiger partial charge in [0.1, 0.15) is 5.75 Å². The molecule has 0 fully saturated rings. The van der Waals surface area contributed by atoms with E-state index in [4.69, 9.17) is 4.74 Å². The van der Waals surface area contributed by atoms with Crippen LogP contribution in [0.4, 0.5) is 0 Å². The van der Waals surface area contributed by atoms with Crippen molar-refractivity contribution >= 4 is 27.7 Å². The molecule has 1 heterocycles. The quantitative estimate of drug-likeness (QED) is 0.506. The molecule has 158 valence electrons. The maximum absolute atomic E-state index is 13.0. The lowest BCUT2D eigenvalue weighted by Crippen LogP contribution is -2.36. The average molecular weight is 417 g/mol. The maximum atomic E-state index is 13.0. The zero-order valence-electron chi connectivity index (χ0n) is 17.6. The average Bonchev–Trinajstić information content (AvgIpc) is 2.78. The Morgan fingerprint density at radius 2 is 1.77 bits per heavy atom. The number of benzene rings is 3. The molecule has 1 aromatic heterocycles. The molecule has 4 aromatic rings. The SMILES string of the molecule is CCn1c(=O)c(=O)[nH]c2cc(C(=O)N(C)Cc3ccc4cc(OC)ccc4c3)ccc21. The molecule has 1 N–H and O–H groups in total. The highest BCUT2D eigenvalue weighted by Crippen LogP contribution is 2.23. The zero-order chi connectivity index (χ0) is 22.1. The third-order valence-corrected chi connectivity index (χ3v) is 5.42. The monoisotopic (exact) mass is 417 g/mol. The number of hydrogen-bond acceptors (Lipinski definition) is 4. The van der Waals surface area contributed by atoms with Crippen LogP contribution in [0.3, 0.4) is 0 Å². The van der Waals surface area contributed by atoms with Crippen LogP contribution in [-0.2, 0) is 13.1 Å². The number of aromatic nitrogens is 2. The number of aromatic amines is 1. The molecule has 0 radical (unpaired) electrons. The van der Waals surface area contributed by atoms with E-state index >= 15 is 0 Å². The molecule has 1 amide bonds. The Morgan fingerprint density at radius 3 is 2.52 bits per heavy atom. The van der Waals surface area contributed by atoms with Crippen molar-refractivity contribution in [3.8, 4) is 5.75 Å². The minimum Gasteiger partial charge on any atom is -0.497 e. The van der Waals surface area contributed by atoms with Gasteiger partial charge in [0.25, 0.3) is 5.91 Å². The van der Waals surface area contributed by atoms with E-state index in [9.17, 15) is 14.4 Å². The van der Waals surface area contributed by atoms with E-state index in [1.165, 1.54) is 4.57 Å². The molecule has 0 saturated heterocycles. The summed E-state index contributed by atoms with van der Waals surface area (Å²) in [5.41, 5.74) is 1.21. The van der Waals surface area contributed by atoms with E-state index < -0.39 is 11.1 Å². The molecule has 0 aliphatic carbocycles. The summed E-state index contributed by atoms with van der Waals surface area (Å²) in [6.45, 7) is 2.61. The Kier molecular flexibility index (Phi) is 5.33. The summed E-state index contributed by atoms with van der Waals surface area (Å²) >= 11 is 0. The fourth-order valence-electron chi connectivity index (χ4n) is 3.79. The van der Waals surface area contributed by atoms with Crippen LogP contribution in [-0.4, -0.2) is 34.5 Å². The van der Waals surface area contributed by atoms with Crippen molar-refractivity contribution < 1.29 is 9.53 Å². The molecule has 0 aliphatic rings. The van der Waals surface area contributed by atoms with Crippen molar-refractivity contribution in [1.82, 2.24) is 14.5 Å². The molecular formula is C24H23N3O4. The molecule has 0 aliphatic heterocycles. The van der Waals surface area contributed by atoms with Gasteiger partial charge in [-0.2, -0.15) is 0 Å². The van der Waals surface area contributed by atoms with E-state index in [1.54, 1.807) is 44.2 Å². The molecule has 0 bridgehead atoms. The lowest BCUT2D eigenvalue weighted by atomic mass is 10.1. The van der Waals surface area contributed by atoms with Gasteiger partial charge in [-0.15, -0.1) is 0 Å². The maximum Gasteiger partial charge on any atom is 0.316 e. The minimum atomic E-state index is -0.694. The van der Waals surface area contributed by atoms with Gasteiger partial charge in [0.15, 0.2) is 0 Å². The lowest BCUT2D eigenvalue weighted by Gasteiger charge is -2.18. The van der Waals surface area contributed by atoms with Crippen molar-refractivity contribution in [3.05, 3.63) is 86.4 Å². The molecule has 7 heteroatoms. The number of fused-ring (bicyclic) bond motifs is 2. The Labute approximate surface area is 178 Å². The fourth-order valence-corrected chi connectivity index (χ4v) is 3.79. The summed E-state index contributed by atoms with van der Waals surface area (Å²) in [6, 6.07) is 16.9. The number of amides is 1. The van der Waals surface area contributed by atoms with Crippen molar-refractivity contribution in [1.29, 1.82) is 0 Å². The van der Waals surface area contributed by atoms with Crippen molar-refractivity contribution in [3.63, 3.8) is 0 Å². The molecule has 0 saturated carbocycles. The van der Waals surface area contributed by atoms with Gasteiger partial charge in [-0.1, -0.05) is 18.2 Å². The third-order valence-electron chi connectivity index (χ3n) is 5.42. The van der Waals surface area contributed by atoms with Crippen LogP contribution in [0.1, 0.15) is 22.8 Å². The van der Waals surface area contributed by atoms with Gasteiger partial charge in [0, 0.05) is 25.7 Å². The van der Waals surface area contributed by atoms with Crippen LogP contribution in [0.25, 0.3) is 21.8 Å². The van der Waals surface area contributed by atoms with Gasteiger partial charge < -0.3 is 19.2 Å². The second-order valence-electron chi connectivity index (χ2n) is 7.44. The van der Waals surface area contributed by atoms with Gasteiger partial charge in [0.2, 0.25) is 0 Å². The second kappa shape index (κ2) is 8.10. The van der Waals surface area contributed by atoms with Crippen LogP contribution in [0, 0.1) is 0 Å². The molecule has 31 heavy (non-hydrogen) atoms. The van der Waals surface area contributed by atoms with Gasteiger partial charge in [0.05, 0.1) is 18.1 Å². The highest BCUT2D eigenvalue weighted by molar-refractivity contribution is 5.97. The van der Waals surface area contributed by atoms with Crippen LogP contribution >= 0.6 is 0 Å². The zero-order valence-corrected chi connectivity index (χ0v) is 17.6. The number of nitrogens with one attached hydrogen (secondary N) is 1. The number of aryl methyl sites for hydroxylation is 1. The number of methoxy groups -OCH3 is 1. The van der Waals surface area contributed by atoms with E-state index in [0.717, 1.165) is 22.1 Å². The number of rotatable bonds is 5. The van der Waals surface area contributed by atoms with E-state index in [-0.39, 0.29) is 5.91 Å². The first-order valence-electron chi connectivity index (χ1n) is 10.00. The standard InChI is InChI=1S/C24H23N3O4/c1-4-27-21-10-8-18(13-20(21)25-22(28)24(27)30)23(29)26(2)14-15-5-6-17-12-19(31-3)9-7-16(17)11-15/h5-13H,4,14H2,1-3H3,(H,25,28). The first kappa shape index (κ1) is 20.4. The van der Waals surface area contributed by atoms with Gasteiger partial charge >= 0.3 is 11.1 Å². The molecule has 0 spiro atoms. The van der Waals surface area contributed by atoms with Crippen molar-refractivity contribution in [2.75, 3.05) is 14.2 Å². The Morgan fingerprint density at radius 1 is 1.03 bits per heavy atom. The van der Waals surface area contributed by atoms with Crippen LogP contribution < -0.4 is 15.9 Å². The van der Waals surface area contributed by atoms with E-state index in [1.807, 2.05) is 30.3 Å². The molecular weight excluding hydrogens is 394 g/mol. The van der Waals surface area contributed by atoms with Crippen LogP contribution in [0.15, 0.2) is 64.2 Å². The Balaban J connectivity index is 1.61. The highest BCUT2D eigenvalue weighted by Gasteiger charge is 2.15.